The lowest BCUT2D eigenvalue weighted by Crippen LogP contribution is -2.38. The van der Waals surface area contributed by atoms with Crippen molar-refractivity contribution in [1.29, 1.82) is 0 Å². The molecule has 1 fully saturated rings. The van der Waals surface area contributed by atoms with Crippen LogP contribution in [0.5, 0.6) is 5.75 Å². The molecule has 1 heterocycles. The fourth-order valence-electron chi connectivity index (χ4n) is 3.03. The smallest absolute Gasteiger partial charge is 0.269 e. The highest BCUT2D eigenvalue weighted by Gasteiger charge is 2.31. The highest BCUT2D eigenvalue weighted by molar-refractivity contribution is 5.97. The second-order valence-corrected chi connectivity index (χ2v) is 6.27. The number of nitro groups is 1. The number of anilines is 1. The van der Waals surface area contributed by atoms with E-state index in [4.69, 9.17) is 4.74 Å². The van der Waals surface area contributed by atoms with Gasteiger partial charge < -0.3 is 15.0 Å². The minimum Gasteiger partial charge on any atom is -0.497 e. The van der Waals surface area contributed by atoms with E-state index in [0.29, 0.717) is 17.9 Å². The quantitative estimate of drug-likeness (QED) is 0.620. The molecule has 1 aliphatic rings. The van der Waals surface area contributed by atoms with Crippen molar-refractivity contribution in [2.75, 3.05) is 18.6 Å². The number of amides is 2. The second kappa shape index (κ2) is 7.86. The monoisotopic (exact) mass is 369 g/mol. The zero-order chi connectivity index (χ0) is 19.4. The molecule has 0 bridgehead atoms. The topological polar surface area (TPSA) is 102 Å². The van der Waals surface area contributed by atoms with Crippen molar-refractivity contribution in [2.45, 2.75) is 18.9 Å². The molecule has 0 radical (unpaired) electrons. The molecule has 0 aliphatic carbocycles. The number of non-ortho nitro benzene ring substituents is 1. The summed E-state index contributed by atoms with van der Waals surface area (Å²) < 4.78 is 5.18. The highest BCUT2D eigenvalue weighted by Crippen LogP contribution is 2.25. The number of benzene rings is 2. The van der Waals surface area contributed by atoms with E-state index in [1.807, 2.05) is 12.1 Å². The van der Waals surface area contributed by atoms with Crippen molar-refractivity contribution in [3.8, 4) is 5.75 Å². The minimum absolute atomic E-state index is 0.0190. The number of ether oxygens (including phenoxy) is 1. The summed E-state index contributed by atoms with van der Waals surface area (Å²) in [4.78, 5) is 36.3. The van der Waals surface area contributed by atoms with Crippen LogP contribution in [0.1, 0.15) is 12.0 Å². The average Bonchev–Trinajstić information content (AvgIpc) is 3.02. The molecule has 3 rings (SSSR count). The van der Waals surface area contributed by atoms with Gasteiger partial charge in [0.25, 0.3) is 5.69 Å². The normalized spacial score (nSPS) is 16.3. The van der Waals surface area contributed by atoms with E-state index in [1.54, 1.807) is 36.3 Å². The van der Waals surface area contributed by atoms with Crippen molar-refractivity contribution < 1.29 is 19.2 Å². The maximum Gasteiger partial charge on any atom is 0.269 e. The number of nitro benzene ring substituents is 1. The molecule has 2 aromatic rings. The summed E-state index contributed by atoms with van der Waals surface area (Å²) in [6.07, 6.45) is 0.324. The van der Waals surface area contributed by atoms with Crippen LogP contribution in [0.15, 0.2) is 48.5 Å². The molecule has 1 atom stereocenters. The zero-order valence-electron chi connectivity index (χ0n) is 14.8. The van der Waals surface area contributed by atoms with Crippen LogP contribution in [0.2, 0.25) is 0 Å². The van der Waals surface area contributed by atoms with Gasteiger partial charge in [-0.15, -0.1) is 0 Å². The summed E-state index contributed by atoms with van der Waals surface area (Å²) in [5, 5.41) is 13.5. The van der Waals surface area contributed by atoms with E-state index in [1.165, 1.54) is 12.1 Å². The Morgan fingerprint density at radius 1 is 1.30 bits per heavy atom. The lowest BCUT2D eigenvalue weighted by Gasteiger charge is -2.18. The summed E-state index contributed by atoms with van der Waals surface area (Å²) in [5.41, 5.74) is 1.38. The first-order chi connectivity index (χ1) is 13.0. The summed E-state index contributed by atoms with van der Waals surface area (Å²) in [6.45, 7) is 0.387. The summed E-state index contributed by atoms with van der Waals surface area (Å²) >= 11 is 0. The van der Waals surface area contributed by atoms with E-state index in [9.17, 15) is 19.7 Å². The zero-order valence-corrected chi connectivity index (χ0v) is 14.8. The van der Waals surface area contributed by atoms with Crippen LogP contribution >= 0.6 is 0 Å². The third-order valence-electron chi connectivity index (χ3n) is 4.37. The molecule has 2 aromatic carbocycles. The fourth-order valence-corrected chi connectivity index (χ4v) is 3.03. The molecular weight excluding hydrogens is 350 g/mol. The van der Waals surface area contributed by atoms with Gasteiger partial charge in [-0.1, -0.05) is 18.2 Å². The van der Waals surface area contributed by atoms with Gasteiger partial charge in [-0.3, -0.25) is 19.7 Å². The van der Waals surface area contributed by atoms with E-state index in [-0.39, 0.29) is 36.4 Å². The van der Waals surface area contributed by atoms with Crippen LogP contribution in [0, 0.1) is 10.1 Å². The number of nitrogens with one attached hydrogen (secondary N) is 1. The van der Waals surface area contributed by atoms with Crippen LogP contribution < -0.4 is 15.0 Å². The predicted octanol–water partition coefficient (Wildman–Crippen LogP) is 2.07. The van der Waals surface area contributed by atoms with E-state index in [2.05, 4.69) is 5.32 Å². The van der Waals surface area contributed by atoms with Crippen LogP contribution in [-0.2, 0) is 16.0 Å². The van der Waals surface area contributed by atoms with E-state index < -0.39 is 4.92 Å². The molecule has 1 N–H and O–H groups in total. The number of methoxy groups -OCH3 is 1. The summed E-state index contributed by atoms with van der Waals surface area (Å²) in [6, 6.07) is 12.8. The Bertz CT molecular complexity index is 866. The largest absolute Gasteiger partial charge is 0.497 e. The van der Waals surface area contributed by atoms with Gasteiger partial charge in [-0.2, -0.15) is 0 Å². The first kappa shape index (κ1) is 18.4. The van der Waals surface area contributed by atoms with Gasteiger partial charge in [-0.05, 0) is 17.7 Å². The third kappa shape index (κ3) is 4.41. The van der Waals surface area contributed by atoms with Crippen LogP contribution in [-0.4, -0.2) is 36.4 Å². The van der Waals surface area contributed by atoms with Gasteiger partial charge in [-0.25, -0.2) is 0 Å². The second-order valence-electron chi connectivity index (χ2n) is 6.27. The Morgan fingerprint density at radius 3 is 2.70 bits per heavy atom. The van der Waals surface area contributed by atoms with Gasteiger partial charge in [0.2, 0.25) is 11.8 Å². The average molecular weight is 369 g/mol. The van der Waals surface area contributed by atoms with Crippen molar-refractivity contribution in [2.24, 2.45) is 0 Å². The number of carbonyl (C=O) groups is 2. The lowest BCUT2D eigenvalue weighted by molar-refractivity contribution is -0.384. The number of nitrogens with zero attached hydrogens (tertiary/aromatic N) is 2. The maximum atomic E-state index is 12.3. The predicted molar refractivity (Wildman–Crippen MR) is 98.7 cm³/mol. The van der Waals surface area contributed by atoms with Crippen molar-refractivity contribution >= 4 is 23.2 Å². The molecule has 0 unspecified atom stereocenters. The lowest BCUT2D eigenvalue weighted by atomic mass is 10.1. The summed E-state index contributed by atoms with van der Waals surface area (Å²) in [5.74, 6) is 0.365. The maximum absolute atomic E-state index is 12.3. The van der Waals surface area contributed by atoms with Crippen molar-refractivity contribution in [3.63, 3.8) is 0 Å². The molecule has 2 amide bonds. The van der Waals surface area contributed by atoms with E-state index in [0.717, 1.165) is 5.69 Å². The molecule has 140 valence electrons. The molecule has 0 saturated carbocycles. The molecule has 0 spiro atoms. The highest BCUT2D eigenvalue weighted by atomic mass is 16.6. The fraction of sp³-hybridized carbons (Fsp3) is 0.263. The molecule has 8 nitrogen and oxygen atoms in total. The standard InChI is InChI=1S/C19H19N3O5/c1-27-17-4-2-3-16(11-17)21-12-14(10-19(21)24)20-18(23)9-13-5-7-15(8-6-13)22(25)26/h2-8,11,14H,9-10,12H2,1H3,(H,20,23)/t14-/m0/s1. The summed E-state index contributed by atoms with van der Waals surface area (Å²) in [7, 11) is 1.56. The van der Waals surface area contributed by atoms with Crippen molar-refractivity contribution in [1.82, 2.24) is 5.32 Å². The van der Waals surface area contributed by atoms with Gasteiger partial charge in [0.15, 0.2) is 0 Å². The van der Waals surface area contributed by atoms with Gasteiger partial charge >= 0.3 is 0 Å². The first-order valence-electron chi connectivity index (χ1n) is 8.43. The number of hydrogen-bond donors (Lipinski definition) is 1. The molecule has 27 heavy (non-hydrogen) atoms. The van der Waals surface area contributed by atoms with Crippen LogP contribution in [0.4, 0.5) is 11.4 Å². The Morgan fingerprint density at radius 2 is 2.04 bits per heavy atom. The third-order valence-corrected chi connectivity index (χ3v) is 4.37. The SMILES string of the molecule is COc1cccc(N2C[C@@H](NC(=O)Cc3ccc([N+](=O)[O-])cc3)CC2=O)c1. The molecule has 1 saturated heterocycles. The minimum atomic E-state index is -0.485. The van der Waals surface area contributed by atoms with Crippen LogP contribution in [0.25, 0.3) is 0 Å². The number of carbonyl (C=O) groups excluding carboxylic acids is 2. The Kier molecular flexibility index (Phi) is 5.35. The number of rotatable bonds is 6. The Balaban J connectivity index is 1.58. The van der Waals surface area contributed by atoms with Gasteiger partial charge in [0, 0.05) is 36.9 Å². The van der Waals surface area contributed by atoms with Gasteiger partial charge in [0.1, 0.15) is 5.75 Å². The van der Waals surface area contributed by atoms with Crippen LogP contribution in [0.3, 0.4) is 0 Å². The Hall–Kier alpha value is -3.42. The molecular formula is C19H19N3O5. The molecule has 1 aliphatic heterocycles. The first-order valence-corrected chi connectivity index (χ1v) is 8.43. The van der Waals surface area contributed by atoms with Gasteiger partial charge in [0.05, 0.1) is 24.5 Å². The Labute approximate surface area is 155 Å². The number of hydrogen-bond acceptors (Lipinski definition) is 5. The molecule has 0 aromatic heterocycles. The van der Waals surface area contributed by atoms with Crippen molar-refractivity contribution in [3.05, 3.63) is 64.2 Å². The molecule has 8 heteroatoms. The van der Waals surface area contributed by atoms with E-state index >= 15 is 0 Å².